The number of aromatic nitrogens is 4. The van der Waals surface area contributed by atoms with Crippen LogP contribution >= 0.6 is 0 Å². The summed E-state index contributed by atoms with van der Waals surface area (Å²) in [6.07, 6.45) is 9.43. The van der Waals surface area contributed by atoms with Crippen LogP contribution in [0.25, 0.3) is 0 Å². The fourth-order valence-electron chi connectivity index (χ4n) is 4.07. The standard InChI is InChI=1S/C17H25N5/c1-12-13(10-18-20-12)11-22-9-5-8-16(22)17-19-14-6-3-4-7-15(14)21(17)2/h10,16H,3-9,11H2,1-2H3,(H,18,20)/t16-/m0/s1. The lowest BCUT2D eigenvalue weighted by Gasteiger charge is -2.24. The molecule has 3 heterocycles. The Morgan fingerprint density at radius 2 is 2.14 bits per heavy atom. The zero-order valence-corrected chi connectivity index (χ0v) is 13.6. The normalized spacial score (nSPS) is 22.2. The molecule has 1 fully saturated rings. The van der Waals surface area contributed by atoms with Gasteiger partial charge in [0.1, 0.15) is 5.82 Å². The monoisotopic (exact) mass is 299 g/mol. The summed E-state index contributed by atoms with van der Waals surface area (Å²) >= 11 is 0. The summed E-state index contributed by atoms with van der Waals surface area (Å²) in [6.45, 7) is 4.24. The molecule has 118 valence electrons. The smallest absolute Gasteiger partial charge is 0.126 e. The summed E-state index contributed by atoms with van der Waals surface area (Å²) in [4.78, 5) is 7.61. The van der Waals surface area contributed by atoms with Gasteiger partial charge in [0, 0.05) is 30.5 Å². The number of H-pyrrole nitrogens is 1. The number of fused-ring (bicyclic) bond motifs is 1. The first-order chi connectivity index (χ1) is 10.7. The van der Waals surface area contributed by atoms with Gasteiger partial charge in [-0.2, -0.15) is 5.10 Å². The molecular weight excluding hydrogens is 274 g/mol. The van der Waals surface area contributed by atoms with Crippen LogP contribution in [-0.2, 0) is 26.4 Å². The number of imidazole rings is 1. The molecule has 1 N–H and O–H groups in total. The van der Waals surface area contributed by atoms with E-state index >= 15 is 0 Å². The third-order valence-electron chi connectivity index (χ3n) is 5.38. The Labute approximate surface area is 131 Å². The van der Waals surface area contributed by atoms with Crippen molar-refractivity contribution in [2.75, 3.05) is 6.54 Å². The van der Waals surface area contributed by atoms with Crippen LogP contribution in [0.5, 0.6) is 0 Å². The second-order valence-electron chi connectivity index (χ2n) is 6.78. The zero-order chi connectivity index (χ0) is 15.1. The molecule has 22 heavy (non-hydrogen) atoms. The van der Waals surface area contributed by atoms with Gasteiger partial charge in [-0.1, -0.05) is 0 Å². The maximum atomic E-state index is 5.03. The molecule has 0 spiro atoms. The van der Waals surface area contributed by atoms with Gasteiger partial charge in [0.05, 0.1) is 17.9 Å². The van der Waals surface area contributed by atoms with E-state index in [1.807, 2.05) is 6.20 Å². The van der Waals surface area contributed by atoms with E-state index in [1.54, 1.807) is 0 Å². The van der Waals surface area contributed by atoms with Crippen molar-refractivity contribution in [2.24, 2.45) is 7.05 Å². The lowest BCUT2D eigenvalue weighted by atomic mass is 10.0. The number of nitrogens with one attached hydrogen (secondary N) is 1. The van der Waals surface area contributed by atoms with Crippen molar-refractivity contribution in [3.05, 3.63) is 34.7 Å². The first-order valence-corrected chi connectivity index (χ1v) is 8.51. The van der Waals surface area contributed by atoms with Crippen LogP contribution in [0.15, 0.2) is 6.20 Å². The quantitative estimate of drug-likeness (QED) is 0.948. The van der Waals surface area contributed by atoms with Crippen LogP contribution in [0, 0.1) is 6.92 Å². The Morgan fingerprint density at radius 3 is 2.91 bits per heavy atom. The zero-order valence-electron chi connectivity index (χ0n) is 13.6. The highest BCUT2D eigenvalue weighted by Crippen LogP contribution is 2.34. The van der Waals surface area contributed by atoms with Crippen LogP contribution in [-0.4, -0.2) is 31.2 Å². The van der Waals surface area contributed by atoms with Gasteiger partial charge in [-0.05, 0) is 52.0 Å². The summed E-state index contributed by atoms with van der Waals surface area (Å²) in [7, 11) is 2.21. The fourth-order valence-corrected chi connectivity index (χ4v) is 4.07. The number of aryl methyl sites for hydroxylation is 2. The molecule has 5 nitrogen and oxygen atoms in total. The maximum absolute atomic E-state index is 5.03. The van der Waals surface area contributed by atoms with Gasteiger partial charge < -0.3 is 4.57 Å². The Bertz CT molecular complexity index is 669. The van der Waals surface area contributed by atoms with E-state index in [9.17, 15) is 0 Å². The predicted molar refractivity (Wildman–Crippen MR) is 85.6 cm³/mol. The lowest BCUT2D eigenvalue weighted by Crippen LogP contribution is -2.25. The lowest BCUT2D eigenvalue weighted by molar-refractivity contribution is 0.236. The molecule has 2 aliphatic rings. The number of aromatic amines is 1. The molecule has 0 unspecified atom stereocenters. The molecule has 0 bridgehead atoms. The van der Waals surface area contributed by atoms with Crippen molar-refractivity contribution in [1.82, 2.24) is 24.6 Å². The van der Waals surface area contributed by atoms with Crippen molar-refractivity contribution < 1.29 is 0 Å². The van der Waals surface area contributed by atoms with Crippen LogP contribution in [0.4, 0.5) is 0 Å². The predicted octanol–water partition coefficient (Wildman–Crippen LogP) is 2.67. The molecule has 0 saturated carbocycles. The van der Waals surface area contributed by atoms with Crippen molar-refractivity contribution in [3.63, 3.8) is 0 Å². The Morgan fingerprint density at radius 1 is 1.27 bits per heavy atom. The highest BCUT2D eigenvalue weighted by Gasteiger charge is 2.31. The number of likely N-dealkylation sites (tertiary alicyclic amines) is 1. The second-order valence-corrected chi connectivity index (χ2v) is 6.78. The minimum absolute atomic E-state index is 0.463. The highest BCUT2D eigenvalue weighted by atomic mass is 15.2. The fraction of sp³-hybridized carbons (Fsp3) is 0.647. The van der Waals surface area contributed by atoms with Crippen LogP contribution in [0.2, 0.25) is 0 Å². The maximum Gasteiger partial charge on any atom is 0.126 e. The van der Waals surface area contributed by atoms with E-state index in [2.05, 4.69) is 33.6 Å². The number of rotatable bonds is 3. The van der Waals surface area contributed by atoms with Gasteiger partial charge in [0.25, 0.3) is 0 Å². The Balaban J connectivity index is 1.61. The molecule has 5 heteroatoms. The molecule has 0 radical (unpaired) electrons. The number of hydrogen-bond acceptors (Lipinski definition) is 3. The van der Waals surface area contributed by atoms with Crippen LogP contribution in [0.3, 0.4) is 0 Å². The minimum Gasteiger partial charge on any atom is -0.334 e. The van der Waals surface area contributed by atoms with Gasteiger partial charge in [0.15, 0.2) is 0 Å². The first-order valence-electron chi connectivity index (χ1n) is 8.51. The first kappa shape index (κ1) is 14.0. The Kier molecular flexibility index (Phi) is 3.53. The Hall–Kier alpha value is -1.62. The summed E-state index contributed by atoms with van der Waals surface area (Å²) in [5, 5.41) is 7.21. The van der Waals surface area contributed by atoms with Gasteiger partial charge >= 0.3 is 0 Å². The van der Waals surface area contributed by atoms with Crippen molar-refractivity contribution in [2.45, 2.75) is 58.0 Å². The highest BCUT2D eigenvalue weighted by molar-refractivity contribution is 5.22. The second kappa shape index (κ2) is 5.54. The van der Waals surface area contributed by atoms with Gasteiger partial charge in [-0.25, -0.2) is 4.98 Å². The summed E-state index contributed by atoms with van der Waals surface area (Å²) < 4.78 is 2.39. The molecule has 1 atom stereocenters. The van der Waals surface area contributed by atoms with Crippen molar-refractivity contribution in [3.8, 4) is 0 Å². The number of nitrogens with zero attached hydrogens (tertiary/aromatic N) is 4. The molecule has 1 aliphatic carbocycles. The van der Waals surface area contributed by atoms with E-state index in [1.165, 1.54) is 60.6 Å². The minimum atomic E-state index is 0.463. The summed E-state index contributed by atoms with van der Waals surface area (Å²) in [5.74, 6) is 1.28. The van der Waals surface area contributed by atoms with E-state index < -0.39 is 0 Å². The van der Waals surface area contributed by atoms with Crippen LogP contribution < -0.4 is 0 Å². The molecule has 1 aliphatic heterocycles. The molecule has 2 aromatic heterocycles. The summed E-state index contributed by atoms with van der Waals surface area (Å²) in [6, 6.07) is 0.463. The van der Waals surface area contributed by atoms with E-state index in [0.717, 1.165) is 19.5 Å². The third kappa shape index (κ3) is 2.28. The van der Waals surface area contributed by atoms with E-state index in [0.29, 0.717) is 6.04 Å². The van der Waals surface area contributed by atoms with Gasteiger partial charge in [-0.15, -0.1) is 0 Å². The van der Waals surface area contributed by atoms with Gasteiger partial charge in [0.2, 0.25) is 0 Å². The topological polar surface area (TPSA) is 49.7 Å². The van der Waals surface area contributed by atoms with E-state index in [4.69, 9.17) is 4.98 Å². The molecule has 0 aromatic carbocycles. The van der Waals surface area contributed by atoms with Crippen molar-refractivity contribution >= 4 is 0 Å². The largest absolute Gasteiger partial charge is 0.334 e. The SMILES string of the molecule is Cc1[nH]ncc1CN1CCC[C@H]1c1nc2c(n1C)CCCC2. The average Bonchev–Trinajstić information content (AvgIpc) is 3.21. The van der Waals surface area contributed by atoms with Crippen molar-refractivity contribution in [1.29, 1.82) is 0 Å². The molecule has 1 saturated heterocycles. The van der Waals surface area contributed by atoms with Gasteiger partial charge in [-0.3, -0.25) is 10.00 Å². The molecule has 0 amide bonds. The molecular formula is C17H25N5. The summed E-state index contributed by atoms with van der Waals surface area (Å²) in [5.41, 5.74) is 5.33. The third-order valence-corrected chi connectivity index (χ3v) is 5.38. The number of hydrogen-bond donors (Lipinski definition) is 1. The van der Waals surface area contributed by atoms with Crippen LogP contribution in [0.1, 0.15) is 60.2 Å². The average molecular weight is 299 g/mol. The van der Waals surface area contributed by atoms with E-state index in [-0.39, 0.29) is 0 Å². The molecule has 2 aromatic rings. The molecule has 4 rings (SSSR count).